The Morgan fingerprint density at radius 1 is 1.64 bits per heavy atom. The Bertz CT molecular complexity index is 374. The van der Waals surface area contributed by atoms with Crippen LogP contribution in [0.15, 0.2) is 18.2 Å². The van der Waals surface area contributed by atoms with Crippen LogP contribution in [0, 0.1) is 0 Å². The molecule has 1 atom stereocenters. The predicted octanol–water partition coefficient (Wildman–Crippen LogP) is 2.54. The van der Waals surface area contributed by atoms with Gasteiger partial charge in [0.1, 0.15) is 0 Å². The molecule has 0 heterocycles. The first-order valence-electron chi connectivity index (χ1n) is 4.67. The Hall–Kier alpha value is -1.02. The van der Waals surface area contributed by atoms with E-state index in [0.717, 1.165) is 12.0 Å². The molecule has 0 aromatic heterocycles. The van der Waals surface area contributed by atoms with Gasteiger partial charge in [-0.25, -0.2) is 0 Å². The highest BCUT2D eigenvalue weighted by atomic mass is 35.5. The van der Waals surface area contributed by atoms with Gasteiger partial charge in [-0.05, 0) is 36.6 Å². The minimum atomic E-state index is -0.137. The van der Waals surface area contributed by atoms with E-state index in [1.165, 1.54) is 5.56 Å². The standard InChI is InChI=1S/C11H11ClO2/c1-2-14-11(13)10-5-7-3-4-8(12)6-9(7)10/h3-4,6,10H,2,5H2,1H3. The Morgan fingerprint density at radius 3 is 3.14 bits per heavy atom. The monoisotopic (exact) mass is 210 g/mol. The van der Waals surface area contributed by atoms with Gasteiger partial charge < -0.3 is 4.74 Å². The molecule has 0 saturated carbocycles. The predicted molar refractivity (Wildman–Crippen MR) is 54.5 cm³/mol. The third-order valence-electron chi connectivity index (χ3n) is 2.48. The van der Waals surface area contributed by atoms with Gasteiger partial charge in [0.15, 0.2) is 0 Å². The lowest BCUT2D eigenvalue weighted by molar-refractivity contribution is -0.145. The molecule has 0 N–H and O–H groups in total. The van der Waals surface area contributed by atoms with Crippen molar-refractivity contribution in [2.75, 3.05) is 6.61 Å². The molecule has 1 aliphatic carbocycles. The SMILES string of the molecule is CCOC(=O)C1Cc2ccc(Cl)cc21. The van der Waals surface area contributed by atoms with Crippen molar-refractivity contribution in [3.8, 4) is 0 Å². The smallest absolute Gasteiger partial charge is 0.313 e. The lowest BCUT2D eigenvalue weighted by atomic mass is 9.78. The number of hydrogen-bond acceptors (Lipinski definition) is 2. The van der Waals surface area contributed by atoms with E-state index in [4.69, 9.17) is 16.3 Å². The van der Waals surface area contributed by atoms with Gasteiger partial charge in [0.05, 0.1) is 12.5 Å². The molecule has 3 heteroatoms. The first-order valence-corrected chi connectivity index (χ1v) is 5.05. The maximum atomic E-state index is 11.4. The van der Waals surface area contributed by atoms with Gasteiger partial charge in [0, 0.05) is 5.02 Å². The summed E-state index contributed by atoms with van der Waals surface area (Å²) in [6.07, 6.45) is 0.783. The van der Waals surface area contributed by atoms with Gasteiger partial charge in [-0.2, -0.15) is 0 Å². The van der Waals surface area contributed by atoms with Crippen molar-refractivity contribution >= 4 is 17.6 Å². The molecular weight excluding hydrogens is 200 g/mol. The molecule has 0 spiro atoms. The summed E-state index contributed by atoms with van der Waals surface area (Å²) in [6, 6.07) is 5.66. The minimum Gasteiger partial charge on any atom is -0.466 e. The van der Waals surface area contributed by atoms with Crippen molar-refractivity contribution in [2.45, 2.75) is 19.3 Å². The van der Waals surface area contributed by atoms with Crippen LogP contribution in [0.5, 0.6) is 0 Å². The Morgan fingerprint density at radius 2 is 2.43 bits per heavy atom. The lowest BCUT2D eigenvalue weighted by Crippen LogP contribution is -2.26. The summed E-state index contributed by atoms with van der Waals surface area (Å²) in [5.41, 5.74) is 2.23. The Labute approximate surface area is 87.8 Å². The lowest BCUT2D eigenvalue weighted by Gasteiger charge is -2.28. The number of carbonyl (C=O) groups is 1. The highest BCUT2D eigenvalue weighted by molar-refractivity contribution is 6.30. The zero-order valence-electron chi connectivity index (χ0n) is 7.92. The zero-order valence-corrected chi connectivity index (χ0v) is 8.67. The average Bonchev–Trinajstić information content (AvgIpc) is 2.11. The Kier molecular flexibility index (Phi) is 2.46. The van der Waals surface area contributed by atoms with Gasteiger partial charge >= 0.3 is 5.97 Å². The van der Waals surface area contributed by atoms with Crippen LogP contribution in [-0.4, -0.2) is 12.6 Å². The fourth-order valence-electron chi connectivity index (χ4n) is 1.73. The Balaban J connectivity index is 2.18. The molecule has 0 saturated heterocycles. The zero-order chi connectivity index (χ0) is 10.1. The van der Waals surface area contributed by atoms with E-state index in [9.17, 15) is 4.79 Å². The topological polar surface area (TPSA) is 26.3 Å². The average molecular weight is 211 g/mol. The van der Waals surface area contributed by atoms with Crippen molar-refractivity contribution in [1.82, 2.24) is 0 Å². The van der Waals surface area contributed by atoms with Crippen LogP contribution in [0.2, 0.25) is 5.02 Å². The second kappa shape index (κ2) is 3.62. The van der Waals surface area contributed by atoms with Crippen LogP contribution >= 0.6 is 11.6 Å². The highest BCUT2D eigenvalue weighted by Crippen LogP contribution is 2.37. The summed E-state index contributed by atoms with van der Waals surface area (Å²) in [7, 11) is 0. The summed E-state index contributed by atoms with van der Waals surface area (Å²) in [5, 5.41) is 0.678. The number of carbonyl (C=O) groups excluding carboxylic acids is 1. The van der Waals surface area contributed by atoms with Crippen molar-refractivity contribution in [2.24, 2.45) is 0 Å². The van der Waals surface area contributed by atoms with E-state index in [2.05, 4.69) is 0 Å². The maximum absolute atomic E-state index is 11.4. The molecule has 1 unspecified atom stereocenters. The van der Waals surface area contributed by atoms with Crippen LogP contribution < -0.4 is 0 Å². The largest absolute Gasteiger partial charge is 0.466 e. The van der Waals surface area contributed by atoms with E-state index >= 15 is 0 Å². The van der Waals surface area contributed by atoms with E-state index in [1.54, 1.807) is 0 Å². The van der Waals surface area contributed by atoms with Gasteiger partial charge in [0.25, 0.3) is 0 Å². The molecule has 1 aromatic rings. The first kappa shape index (κ1) is 9.53. The first-order chi connectivity index (χ1) is 6.72. The summed E-state index contributed by atoms with van der Waals surface area (Å²) in [6.45, 7) is 2.25. The fraction of sp³-hybridized carbons (Fsp3) is 0.364. The molecule has 2 rings (SSSR count). The molecule has 2 nitrogen and oxygen atoms in total. The van der Waals surface area contributed by atoms with E-state index in [-0.39, 0.29) is 11.9 Å². The maximum Gasteiger partial charge on any atom is 0.313 e. The van der Waals surface area contributed by atoms with Gasteiger partial charge in [-0.15, -0.1) is 0 Å². The molecule has 0 radical (unpaired) electrons. The third kappa shape index (κ3) is 1.50. The third-order valence-corrected chi connectivity index (χ3v) is 2.71. The van der Waals surface area contributed by atoms with Crippen LogP contribution in [0.25, 0.3) is 0 Å². The molecule has 1 aliphatic rings. The van der Waals surface area contributed by atoms with E-state index in [0.29, 0.717) is 11.6 Å². The van der Waals surface area contributed by atoms with Crippen molar-refractivity contribution < 1.29 is 9.53 Å². The number of halogens is 1. The van der Waals surface area contributed by atoms with Crippen LogP contribution in [0.1, 0.15) is 24.0 Å². The molecule has 1 aromatic carbocycles. The molecule has 0 bridgehead atoms. The van der Waals surface area contributed by atoms with Gasteiger partial charge in [-0.3, -0.25) is 4.79 Å². The highest BCUT2D eigenvalue weighted by Gasteiger charge is 2.33. The minimum absolute atomic E-state index is 0.0938. The van der Waals surface area contributed by atoms with Crippen LogP contribution in [-0.2, 0) is 16.0 Å². The number of esters is 1. The molecule has 0 amide bonds. The number of ether oxygens (including phenoxy) is 1. The number of benzene rings is 1. The van der Waals surface area contributed by atoms with E-state index < -0.39 is 0 Å². The summed E-state index contributed by atoms with van der Waals surface area (Å²) in [4.78, 5) is 11.4. The van der Waals surface area contributed by atoms with Crippen molar-refractivity contribution in [1.29, 1.82) is 0 Å². The summed E-state index contributed by atoms with van der Waals surface area (Å²) in [5.74, 6) is -0.231. The quantitative estimate of drug-likeness (QED) is 0.702. The van der Waals surface area contributed by atoms with Crippen LogP contribution in [0.3, 0.4) is 0 Å². The number of rotatable bonds is 2. The number of fused-ring (bicyclic) bond motifs is 1. The molecule has 0 fully saturated rings. The van der Waals surface area contributed by atoms with Crippen molar-refractivity contribution in [3.63, 3.8) is 0 Å². The second-order valence-electron chi connectivity index (χ2n) is 3.35. The fourth-order valence-corrected chi connectivity index (χ4v) is 1.91. The molecule has 14 heavy (non-hydrogen) atoms. The van der Waals surface area contributed by atoms with E-state index in [1.807, 2.05) is 25.1 Å². The summed E-state index contributed by atoms with van der Waals surface area (Å²) < 4.78 is 4.96. The molecule has 74 valence electrons. The van der Waals surface area contributed by atoms with Crippen LogP contribution in [0.4, 0.5) is 0 Å². The van der Waals surface area contributed by atoms with Gasteiger partial charge in [-0.1, -0.05) is 17.7 Å². The van der Waals surface area contributed by atoms with Crippen molar-refractivity contribution in [3.05, 3.63) is 34.3 Å². The molecule has 0 aliphatic heterocycles. The second-order valence-corrected chi connectivity index (χ2v) is 3.79. The molecular formula is C11H11ClO2. The normalized spacial score (nSPS) is 18.3. The number of hydrogen-bond donors (Lipinski definition) is 0. The van der Waals surface area contributed by atoms with Gasteiger partial charge in [0.2, 0.25) is 0 Å². The summed E-state index contributed by atoms with van der Waals surface area (Å²) >= 11 is 5.85.